The Hall–Kier alpha value is -4.44. The van der Waals surface area contributed by atoms with Gasteiger partial charge in [-0.15, -0.1) is 0 Å². The van der Waals surface area contributed by atoms with Crippen LogP contribution in [0.25, 0.3) is 28.2 Å². The van der Waals surface area contributed by atoms with Gasteiger partial charge in [-0.25, -0.2) is 14.3 Å². The Labute approximate surface area is 238 Å². The molecule has 0 radical (unpaired) electrons. The van der Waals surface area contributed by atoms with Gasteiger partial charge in [0.05, 0.1) is 17.8 Å². The van der Waals surface area contributed by atoms with Crippen LogP contribution in [0.2, 0.25) is 0 Å². The van der Waals surface area contributed by atoms with Crippen LogP contribution in [0, 0.1) is 0 Å². The van der Waals surface area contributed by atoms with Crippen LogP contribution in [-0.4, -0.2) is 52.5 Å². The molecule has 0 atom stereocenters. The van der Waals surface area contributed by atoms with Gasteiger partial charge in [0, 0.05) is 24.3 Å². The SMILES string of the molecule is COCCOc1cc(C(N)=O)nn2c(-c3ccccc3)c(-c3ccc(C4(NC(=O)OC(C)(C)C)CCC4)cc3)nc12. The van der Waals surface area contributed by atoms with Crippen molar-refractivity contribution in [3.05, 3.63) is 71.9 Å². The maximum absolute atomic E-state index is 12.6. The summed E-state index contributed by atoms with van der Waals surface area (Å²) in [6.45, 7) is 6.18. The Morgan fingerprint density at radius 2 is 1.73 bits per heavy atom. The molecule has 0 bridgehead atoms. The fourth-order valence-corrected chi connectivity index (χ4v) is 4.97. The van der Waals surface area contributed by atoms with Gasteiger partial charge in [-0.1, -0.05) is 54.6 Å². The monoisotopic (exact) mass is 557 g/mol. The molecule has 1 aliphatic rings. The highest BCUT2D eigenvalue weighted by Crippen LogP contribution is 2.43. The van der Waals surface area contributed by atoms with Crippen LogP contribution >= 0.6 is 0 Å². The summed E-state index contributed by atoms with van der Waals surface area (Å²) in [4.78, 5) is 29.7. The molecule has 2 heterocycles. The van der Waals surface area contributed by atoms with E-state index in [0.29, 0.717) is 29.4 Å². The van der Waals surface area contributed by atoms with Gasteiger partial charge in [-0.05, 0) is 45.6 Å². The first-order valence-electron chi connectivity index (χ1n) is 13.6. The number of benzene rings is 2. The van der Waals surface area contributed by atoms with Gasteiger partial charge in [-0.3, -0.25) is 4.79 Å². The van der Waals surface area contributed by atoms with E-state index in [1.165, 1.54) is 6.07 Å². The lowest BCUT2D eigenvalue weighted by Gasteiger charge is -2.43. The number of carbonyl (C=O) groups excluding carboxylic acids is 2. The van der Waals surface area contributed by atoms with Gasteiger partial charge < -0.3 is 25.3 Å². The average Bonchev–Trinajstić information content (AvgIpc) is 3.30. The maximum atomic E-state index is 12.6. The number of nitrogens with one attached hydrogen (secondary N) is 1. The zero-order valence-corrected chi connectivity index (χ0v) is 23.8. The van der Waals surface area contributed by atoms with Crippen LogP contribution in [0.5, 0.6) is 5.75 Å². The molecule has 10 heteroatoms. The highest BCUT2D eigenvalue weighted by Gasteiger charge is 2.41. The molecule has 0 saturated heterocycles. The second kappa shape index (κ2) is 11.2. The first-order valence-corrected chi connectivity index (χ1v) is 13.6. The summed E-state index contributed by atoms with van der Waals surface area (Å²) in [6, 6.07) is 19.2. The number of alkyl carbamates (subject to hydrolysis) is 1. The van der Waals surface area contributed by atoms with Crippen molar-refractivity contribution in [1.29, 1.82) is 0 Å². The van der Waals surface area contributed by atoms with E-state index < -0.39 is 23.1 Å². The molecule has 214 valence electrons. The minimum atomic E-state index is -0.676. The van der Waals surface area contributed by atoms with E-state index in [9.17, 15) is 9.59 Å². The first-order chi connectivity index (χ1) is 19.6. The number of carbonyl (C=O) groups is 2. The normalized spacial score (nSPS) is 14.3. The summed E-state index contributed by atoms with van der Waals surface area (Å²) in [7, 11) is 1.59. The molecule has 3 N–H and O–H groups in total. The minimum Gasteiger partial charge on any atom is -0.487 e. The van der Waals surface area contributed by atoms with Crippen molar-refractivity contribution in [2.24, 2.45) is 5.73 Å². The number of amides is 2. The van der Waals surface area contributed by atoms with Gasteiger partial charge in [0.25, 0.3) is 5.91 Å². The summed E-state index contributed by atoms with van der Waals surface area (Å²) in [5.41, 5.74) is 9.14. The third kappa shape index (κ3) is 5.88. The Morgan fingerprint density at radius 3 is 2.32 bits per heavy atom. The van der Waals surface area contributed by atoms with E-state index in [4.69, 9.17) is 24.9 Å². The van der Waals surface area contributed by atoms with E-state index in [1.54, 1.807) is 11.6 Å². The first kappa shape index (κ1) is 28.1. The summed E-state index contributed by atoms with van der Waals surface area (Å²) in [6.07, 6.45) is 2.25. The maximum Gasteiger partial charge on any atom is 0.408 e. The molecule has 2 aromatic carbocycles. The molecular formula is C31H35N5O5. The highest BCUT2D eigenvalue weighted by atomic mass is 16.6. The number of hydrogen-bond donors (Lipinski definition) is 2. The van der Waals surface area contributed by atoms with Crippen LogP contribution in [0.4, 0.5) is 4.79 Å². The van der Waals surface area contributed by atoms with Crippen molar-refractivity contribution in [3.63, 3.8) is 0 Å². The van der Waals surface area contributed by atoms with Crippen LogP contribution in [0.1, 0.15) is 56.1 Å². The number of ether oxygens (including phenoxy) is 3. The zero-order chi connectivity index (χ0) is 29.2. The van der Waals surface area contributed by atoms with Crippen molar-refractivity contribution in [2.75, 3.05) is 20.3 Å². The fraction of sp³-hybridized carbons (Fsp3) is 0.355. The Balaban J connectivity index is 1.59. The Bertz CT molecular complexity index is 1550. The zero-order valence-electron chi connectivity index (χ0n) is 23.8. The number of hydrogen-bond acceptors (Lipinski definition) is 7. The molecule has 0 aliphatic heterocycles. The van der Waals surface area contributed by atoms with Gasteiger partial charge in [0.1, 0.15) is 17.9 Å². The molecule has 41 heavy (non-hydrogen) atoms. The van der Waals surface area contributed by atoms with E-state index in [2.05, 4.69) is 10.4 Å². The Kier molecular flexibility index (Phi) is 7.68. The topological polar surface area (TPSA) is 130 Å². The molecule has 4 aromatic rings. The van der Waals surface area contributed by atoms with Crippen LogP contribution in [0.15, 0.2) is 60.7 Å². The van der Waals surface area contributed by atoms with E-state index in [-0.39, 0.29) is 12.3 Å². The predicted octanol–water partition coefficient (Wildman–Crippen LogP) is 5.09. The third-order valence-electron chi connectivity index (χ3n) is 7.05. The van der Waals surface area contributed by atoms with Crippen molar-refractivity contribution in [2.45, 2.75) is 51.2 Å². The van der Waals surface area contributed by atoms with Crippen LogP contribution < -0.4 is 15.8 Å². The van der Waals surface area contributed by atoms with Gasteiger partial charge in [0.15, 0.2) is 17.1 Å². The largest absolute Gasteiger partial charge is 0.487 e. The number of nitrogens with zero attached hydrogens (tertiary/aromatic N) is 3. The third-order valence-corrected chi connectivity index (χ3v) is 7.05. The van der Waals surface area contributed by atoms with Crippen molar-refractivity contribution >= 4 is 17.6 Å². The van der Waals surface area contributed by atoms with Crippen molar-refractivity contribution in [1.82, 2.24) is 19.9 Å². The smallest absolute Gasteiger partial charge is 0.408 e. The summed E-state index contributed by atoms with van der Waals surface area (Å²) < 4.78 is 18.2. The second-order valence-electron chi connectivity index (χ2n) is 11.1. The molecule has 0 spiro atoms. The molecule has 2 amide bonds. The highest BCUT2D eigenvalue weighted by molar-refractivity contribution is 5.92. The van der Waals surface area contributed by atoms with Crippen molar-refractivity contribution in [3.8, 4) is 28.3 Å². The molecule has 1 saturated carbocycles. The molecule has 5 rings (SSSR count). The molecule has 0 unspecified atom stereocenters. The number of fused-ring (bicyclic) bond motifs is 1. The van der Waals surface area contributed by atoms with Gasteiger partial charge in [-0.2, -0.15) is 5.10 Å². The Morgan fingerprint density at radius 1 is 1.02 bits per heavy atom. The molecule has 1 fully saturated rings. The number of rotatable bonds is 9. The van der Waals surface area contributed by atoms with Crippen LogP contribution in [-0.2, 0) is 15.0 Å². The molecule has 2 aromatic heterocycles. The average molecular weight is 558 g/mol. The van der Waals surface area contributed by atoms with Gasteiger partial charge >= 0.3 is 6.09 Å². The lowest BCUT2D eigenvalue weighted by atomic mass is 9.71. The number of imidazole rings is 1. The van der Waals surface area contributed by atoms with E-state index >= 15 is 0 Å². The molecule has 1 aliphatic carbocycles. The quantitative estimate of drug-likeness (QED) is 0.274. The summed E-state index contributed by atoms with van der Waals surface area (Å²) in [5.74, 6) is -0.300. The number of primary amides is 1. The van der Waals surface area contributed by atoms with Crippen LogP contribution in [0.3, 0.4) is 0 Å². The lowest BCUT2D eigenvalue weighted by molar-refractivity contribution is 0.0377. The molecular weight excluding hydrogens is 522 g/mol. The lowest BCUT2D eigenvalue weighted by Crippen LogP contribution is -2.52. The number of methoxy groups -OCH3 is 1. The second-order valence-corrected chi connectivity index (χ2v) is 11.1. The van der Waals surface area contributed by atoms with E-state index in [1.807, 2.05) is 75.4 Å². The summed E-state index contributed by atoms with van der Waals surface area (Å²) in [5, 5.41) is 7.64. The standard InChI is InChI=1S/C31H35N5O5/c1-30(2,3)41-29(38)34-31(15-8-16-31)22-13-11-20(12-14-22)25-26(21-9-6-5-7-10-21)36-28(33-25)24(40-18-17-39-4)19-23(35-36)27(32)37/h5-7,9-14,19H,8,15-18H2,1-4H3,(H2,32,37)(H,34,38). The summed E-state index contributed by atoms with van der Waals surface area (Å²) >= 11 is 0. The number of nitrogens with two attached hydrogens (primary N) is 1. The van der Waals surface area contributed by atoms with E-state index in [0.717, 1.165) is 36.0 Å². The predicted molar refractivity (Wildman–Crippen MR) is 155 cm³/mol. The molecule has 10 nitrogen and oxygen atoms in total. The number of aromatic nitrogens is 3. The van der Waals surface area contributed by atoms with Crippen molar-refractivity contribution < 1.29 is 23.8 Å². The van der Waals surface area contributed by atoms with Gasteiger partial charge in [0.2, 0.25) is 0 Å². The minimum absolute atomic E-state index is 0.0570. The fourth-order valence-electron chi connectivity index (χ4n) is 4.97.